The van der Waals surface area contributed by atoms with Crippen LogP contribution in [-0.2, 0) is 19.1 Å². The van der Waals surface area contributed by atoms with Gasteiger partial charge in [-0.25, -0.2) is 9.97 Å². The van der Waals surface area contributed by atoms with Crippen LogP contribution in [0.2, 0.25) is 0 Å². The number of amides is 2. The van der Waals surface area contributed by atoms with E-state index in [0.29, 0.717) is 5.95 Å². The lowest BCUT2D eigenvalue weighted by atomic mass is 10.1. The van der Waals surface area contributed by atoms with Crippen molar-refractivity contribution in [1.82, 2.24) is 14.9 Å². The highest BCUT2D eigenvalue weighted by Crippen LogP contribution is 2.19. The highest BCUT2D eigenvalue weighted by Gasteiger charge is 2.16. The van der Waals surface area contributed by atoms with E-state index in [0.717, 1.165) is 16.8 Å². The maximum atomic E-state index is 12.2. The molecule has 29 heavy (non-hydrogen) atoms. The second-order valence-electron chi connectivity index (χ2n) is 6.47. The largest absolute Gasteiger partial charge is 0.456 e. The number of rotatable bonds is 9. The molecule has 1 aromatic heterocycles. The molecule has 154 valence electrons. The van der Waals surface area contributed by atoms with E-state index in [1.54, 1.807) is 18.5 Å². The van der Waals surface area contributed by atoms with Gasteiger partial charge in [-0.2, -0.15) is 0 Å². The van der Waals surface area contributed by atoms with Crippen molar-refractivity contribution in [3.8, 4) is 0 Å². The Hall–Kier alpha value is -3.49. The van der Waals surface area contributed by atoms with Crippen molar-refractivity contribution in [2.45, 2.75) is 20.3 Å². The van der Waals surface area contributed by atoms with Crippen molar-refractivity contribution in [3.05, 3.63) is 47.8 Å². The summed E-state index contributed by atoms with van der Waals surface area (Å²) in [6.07, 6.45) is 3.22. The SMILES string of the molecule is Cc1cccc(C)c1NC(=O)CN(C)C(=O)COC(=O)CCNc1ncccn1. The minimum atomic E-state index is -0.532. The average molecular weight is 399 g/mol. The summed E-state index contributed by atoms with van der Waals surface area (Å²) in [5.74, 6) is -0.910. The number of hydrogen-bond donors (Lipinski definition) is 2. The molecule has 9 nitrogen and oxygen atoms in total. The van der Waals surface area contributed by atoms with Crippen LogP contribution in [0.5, 0.6) is 0 Å². The minimum absolute atomic E-state index is 0.0578. The van der Waals surface area contributed by atoms with E-state index in [1.807, 2.05) is 32.0 Å². The number of anilines is 2. The second-order valence-corrected chi connectivity index (χ2v) is 6.47. The van der Waals surface area contributed by atoms with Gasteiger partial charge in [0.05, 0.1) is 13.0 Å². The summed E-state index contributed by atoms with van der Waals surface area (Å²) in [7, 11) is 1.48. The highest BCUT2D eigenvalue weighted by molar-refractivity contribution is 5.96. The minimum Gasteiger partial charge on any atom is -0.456 e. The normalized spacial score (nSPS) is 10.2. The summed E-state index contributed by atoms with van der Waals surface area (Å²) in [6.45, 7) is 3.52. The van der Waals surface area contributed by atoms with Crippen molar-refractivity contribution in [2.75, 3.05) is 37.4 Å². The van der Waals surface area contributed by atoms with Crippen LogP contribution in [0.15, 0.2) is 36.7 Å². The predicted octanol–water partition coefficient (Wildman–Crippen LogP) is 1.54. The Bertz CT molecular complexity index is 837. The van der Waals surface area contributed by atoms with Crippen molar-refractivity contribution in [2.24, 2.45) is 0 Å². The Labute approximate surface area is 169 Å². The van der Waals surface area contributed by atoms with Gasteiger partial charge in [-0.15, -0.1) is 0 Å². The van der Waals surface area contributed by atoms with E-state index in [-0.39, 0.29) is 25.4 Å². The Morgan fingerprint density at radius 3 is 2.38 bits per heavy atom. The quantitative estimate of drug-likeness (QED) is 0.615. The summed E-state index contributed by atoms with van der Waals surface area (Å²) in [6, 6.07) is 7.39. The molecule has 0 atom stereocenters. The van der Waals surface area contributed by atoms with E-state index in [9.17, 15) is 14.4 Å². The van der Waals surface area contributed by atoms with Gasteiger partial charge >= 0.3 is 5.97 Å². The maximum absolute atomic E-state index is 12.2. The lowest BCUT2D eigenvalue weighted by Gasteiger charge is -2.18. The topological polar surface area (TPSA) is 114 Å². The smallest absolute Gasteiger partial charge is 0.308 e. The fourth-order valence-electron chi connectivity index (χ4n) is 2.49. The van der Waals surface area contributed by atoms with Crippen LogP contribution in [0, 0.1) is 13.8 Å². The fourth-order valence-corrected chi connectivity index (χ4v) is 2.49. The Morgan fingerprint density at radius 2 is 1.72 bits per heavy atom. The molecule has 0 fully saturated rings. The van der Waals surface area contributed by atoms with Crippen molar-refractivity contribution >= 4 is 29.4 Å². The molecule has 0 aliphatic rings. The number of nitrogens with one attached hydrogen (secondary N) is 2. The zero-order valence-corrected chi connectivity index (χ0v) is 16.8. The van der Waals surface area contributed by atoms with E-state index < -0.39 is 18.5 Å². The fraction of sp³-hybridized carbons (Fsp3) is 0.350. The van der Waals surface area contributed by atoms with E-state index in [4.69, 9.17) is 4.74 Å². The standard InChI is InChI=1S/C20H25N5O4/c1-14-6-4-7-15(2)19(14)24-16(26)12-25(3)17(27)13-29-18(28)8-11-23-20-21-9-5-10-22-20/h4-7,9-10H,8,11-13H2,1-3H3,(H,24,26)(H,21,22,23). The van der Waals surface area contributed by atoms with Crippen LogP contribution in [-0.4, -0.2) is 59.4 Å². The monoisotopic (exact) mass is 399 g/mol. The van der Waals surface area contributed by atoms with E-state index >= 15 is 0 Å². The third kappa shape index (κ3) is 7.21. The molecule has 0 spiro atoms. The summed E-state index contributed by atoms with van der Waals surface area (Å²) in [4.78, 5) is 45.2. The van der Waals surface area contributed by atoms with Gasteiger partial charge in [0.1, 0.15) is 0 Å². The van der Waals surface area contributed by atoms with Gasteiger partial charge in [-0.1, -0.05) is 18.2 Å². The molecular formula is C20H25N5O4. The third-order valence-electron chi connectivity index (χ3n) is 4.09. The number of carbonyl (C=O) groups excluding carboxylic acids is 3. The summed E-state index contributed by atoms with van der Waals surface area (Å²) in [5.41, 5.74) is 2.62. The first-order chi connectivity index (χ1) is 13.9. The molecule has 2 rings (SSSR count). The maximum Gasteiger partial charge on any atom is 0.308 e. The van der Waals surface area contributed by atoms with Crippen LogP contribution in [0.3, 0.4) is 0 Å². The number of carbonyl (C=O) groups is 3. The van der Waals surface area contributed by atoms with Gasteiger partial charge in [0, 0.05) is 31.7 Å². The summed E-state index contributed by atoms with van der Waals surface area (Å²) in [5, 5.41) is 5.68. The Balaban J connectivity index is 1.70. The first-order valence-corrected chi connectivity index (χ1v) is 9.13. The molecule has 2 aromatic rings. The first kappa shape index (κ1) is 21.8. The van der Waals surface area contributed by atoms with Crippen LogP contribution < -0.4 is 10.6 Å². The van der Waals surface area contributed by atoms with Gasteiger partial charge in [-0.05, 0) is 31.0 Å². The average Bonchev–Trinajstić information content (AvgIpc) is 2.69. The number of hydrogen-bond acceptors (Lipinski definition) is 7. The molecule has 0 radical (unpaired) electrons. The van der Waals surface area contributed by atoms with E-state index in [1.165, 1.54) is 11.9 Å². The molecule has 0 saturated heterocycles. The van der Waals surface area contributed by atoms with Crippen LogP contribution in [0.4, 0.5) is 11.6 Å². The van der Waals surface area contributed by atoms with Crippen LogP contribution in [0.25, 0.3) is 0 Å². The molecule has 1 aromatic carbocycles. The molecule has 9 heteroatoms. The summed E-state index contributed by atoms with van der Waals surface area (Å²) < 4.78 is 4.96. The Morgan fingerprint density at radius 1 is 1.07 bits per heavy atom. The van der Waals surface area contributed by atoms with Gasteiger partial charge in [-0.3, -0.25) is 14.4 Å². The lowest BCUT2D eigenvalue weighted by molar-refractivity contribution is -0.151. The number of likely N-dealkylation sites (N-methyl/N-ethyl adjacent to an activating group) is 1. The number of esters is 1. The lowest BCUT2D eigenvalue weighted by Crippen LogP contribution is -2.37. The van der Waals surface area contributed by atoms with E-state index in [2.05, 4.69) is 20.6 Å². The molecule has 0 bridgehead atoms. The number of ether oxygens (including phenoxy) is 1. The highest BCUT2D eigenvalue weighted by atomic mass is 16.5. The predicted molar refractivity (Wildman–Crippen MR) is 108 cm³/mol. The van der Waals surface area contributed by atoms with Gasteiger partial charge in [0.25, 0.3) is 5.91 Å². The molecule has 2 N–H and O–H groups in total. The van der Waals surface area contributed by atoms with Crippen LogP contribution in [0.1, 0.15) is 17.5 Å². The molecule has 0 aliphatic carbocycles. The zero-order chi connectivity index (χ0) is 21.2. The van der Waals surface area contributed by atoms with Gasteiger partial charge < -0.3 is 20.3 Å². The summed E-state index contributed by atoms with van der Waals surface area (Å²) >= 11 is 0. The van der Waals surface area contributed by atoms with Gasteiger partial charge in [0.15, 0.2) is 6.61 Å². The number of benzene rings is 1. The molecular weight excluding hydrogens is 374 g/mol. The number of nitrogens with zero attached hydrogens (tertiary/aromatic N) is 3. The molecule has 2 amide bonds. The molecule has 1 heterocycles. The third-order valence-corrected chi connectivity index (χ3v) is 4.09. The van der Waals surface area contributed by atoms with Crippen molar-refractivity contribution < 1.29 is 19.1 Å². The first-order valence-electron chi connectivity index (χ1n) is 9.13. The van der Waals surface area contributed by atoms with Crippen LogP contribution >= 0.6 is 0 Å². The second kappa shape index (κ2) is 10.7. The number of para-hydroxylation sites is 1. The van der Waals surface area contributed by atoms with Crippen molar-refractivity contribution in [3.63, 3.8) is 0 Å². The van der Waals surface area contributed by atoms with Gasteiger partial charge in [0.2, 0.25) is 11.9 Å². The van der Waals surface area contributed by atoms with Crippen molar-refractivity contribution in [1.29, 1.82) is 0 Å². The molecule has 0 aliphatic heterocycles. The number of aromatic nitrogens is 2. The zero-order valence-electron chi connectivity index (χ0n) is 16.8. The molecule has 0 unspecified atom stereocenters. The molecule has 0 saturated carbocycles. The number of aryl methyl sites for hydroxylation is 2. The Kier molecular flexibility index (Phi) is 8.08.